The summed E-state index contributed by atoms with van der Waals surface area (Å²) in [5.74, 6) is 0.0959. The Balaban J connectivity index is 1.81. The van der Waals surface area contributed by atoms with E-state index in [0.717, 1.165) is 51.6 Å². The minimum Gasteiger partial charge on any atom is -0.376 e. The summed E-state index contributed by atoms with van der Waals surface area (Å²) in [5, 5.41) is 2.86. The molecule has 0 aromatic carbocycles. The number of carbonyl (C=O) groups is 2. The molecule has 5 nitrogen and oxygen atoms in total. The van der Waals surface area contributed by atoms with E-state index in [1.807, 2.05) is 4.90 Å². The molecular formula is C15H24N2O3. The smallest absolute Gasteiger partial charge is 0.246 e. The van der Waals surface area contributed by atoms with Crippen molar-refractivity contribution in [3.8, 4) is 0 Å². The van der Waals surface area contributed by atoms with Gasteiger partial charge in [-0.05, 0) is 39.0 Å². The number of nitrogens with zero attached hydrogens (tertiary/aromatic N) is 1. The van der Waals surface area contributed by atoms with E-state index in [1.54, 1.807) is 6.92 Å². The summed E-state index contributed by atoms with van der Waals surface area (Å²) in [6.45, 7) is 3.13. The fourth-order valence-corrected chi connectivity index (χ4v) is 3.84. The van der Waals surface area contributed by atoms with E-state index >= 15 is 0 Å². The van der Waals surface area contributed by atoms with Crippen molar-refractivity contribution in [1.29, 1.82) is 0 Å². The Labute approximate surface area is 120 Å². The van der Waals surface area contributed by atoms with Gasteiger partial charge in [0, 0.05) is 13.2 Å². The van der Waals surface area contributed by atoms with Crippen molar-refractivity contribution in [3.05, 3.63) is 0 Å². The molecule has 3 rings (SSSR count). The average molecular weight is 280 g/mol. The normalized spacial score (nSPS) is 33.5. The molecular weight excluding hydrogens is 256 g/mol. The Morgan fingerprint density at radius 3 is 2.65 bits per heavy atom. The van der Waals surface area contributed by atoms with E-state index in [2.05, 4.69) is 5.32 Å². The maximum absolute atomic E-state index is 12.6. The van der Waals surface area contributed by atoms with Crippen LogP contribution in [0.3, 0.4) is 0 Å². The predicted molar refractivity (Wildman–Crippen MR) is 74.1 cm³/mol. The molecule has 5 heteroatoms. The number of carbonyl (C=O) groups excluding carboxylic acids is 2. The van der Waals surface area contributed by atoms with Crippen LogP contribution >= 0.6 is 0 Å². The van der Waals surface area contributed by atoms with Gasteiger partial charge in [-0.1, -0.05) is 12.8 Å². The maximum atomic E-state index is 12.6. The lowest BCUT2D eigenvalue weighted by molar-refractivity contribution is -0.160. The molecule has 0 bridgehead atoms. The molecule has 112 valence electrons. The lowest BCUT2D eigenvalue weighted by atomic mass is 9.89. The minimum absolute atomic E-state index is 0.0397. The lowest BCUT2D eigenvalue weighted by Gasteiger charge is -2.47. The summed E-state index contributed by atoms with van der Waals surface area (Å²) in [7, 11) is 0. The van der Waals surface area contributed by atoms with Crippen LogP contribution in [-0.4, -0.2) is 47.6 Å². The average Bonchev–Trinajstić information content (AvgIpc) is 2.94. The number of rotatable bonds is 2. The van der Waals surface area contributed by atoms with Crippen LogP contribution in [0.1, 0.15) is 51.9 Å². The van der Waals surface area contributed by atoms with Crippen molar-refractivity contribution in [1.82, 2.24) is 10.2 Å². The highest BCUT2D eigenvalue weighted by Gasteiger charge is 2.53. The predicted octanol–water partition coefficient (Wildman–Crippen LogP) is 1.22. The van der Waals surface area contributed by atoms with E-state index in [-0.39, 0.29) is 17.9 Å². The van der Waals surface area contributed by atoms with Crippen molar-refractivity contribution in [2.24, 2.45) is 0 Å². The van der Waals surface area contributed by atoms with Crippen LogP contribution in [0.4, 0.5) is 0 Å². The first-order valence-electron chi connectivity index (χ1n) is 7.87. The fraction of sp³-hybridized carbons (Fsp3) is 0.867. The SMILES string of the molecule is CC1NC(=O)C2(CCCC2)N(CC2CCCCO2)C1=O. The Kier molecular flexibility index (Phi) is 3.71. The van der Waals surface area contributed by atoms with Gasteiger partial charge >= 0.3 is 0 Å². The third-order valence-electron chi connectivity index (χ3n) is 5.01. The number of piperazine rings is 1. The van der Waals surface area contributed by atoms with Gasteiger partial charge in [-0.15, -0.1) is 0 Å². The van der Waals surface area contributed by atoms with E-state index < -0.39 is 11.6 Å². The van der Waals surface area contributed by atoms with E-state index in [1.165, 1.54) is 0 Å². The maximum Gasteiger partial charge on any atom is 0.246 e. The molecule has 2 saturated heterocycles. The number of hydrogen-bond acceptors (Lipinski definition) is 3. The van der Waals surface area contributed by atoms with Crippen molar-refractivity contribution in [3.63, 3.8) is 0 Å². The minimum atomic E-state index is -0.593. The van der Waals surface area contributed by atoms with Crippen molar-refractivity contribution >= 4 is 11.8 Å². The second-order valence-electron chi connectivity index (χ2n) is 6.37. The topological polar surface area (TPSA) is 58.6 Å². The molecule has 1 N–H and O–H groups in total. The van der Waals surface area contributed by atoms with Gasteiger partial charge in [0.1, 0.15) is 11.6 Å². The molecule has 2 aliphatic heterocycles. The first-order valence-corrected chi connectivity index (χ1v) is 7.87. The molecule has 2 amide bonds. The van der Waals surface area contributed by atoms with Gasteiger partial charge in [0.05, 0.1) is 6.10 Å². The van der Waals surface area contributed by atoms with E-state index in [4.69, 9.17) is 4.74 Å². The number of nitrogens with one attached hydrogen (secondary N) is 1. The molecule has 1 aliphatic carbocycles. The number of ether oxygens (including phenoxy) is 1. The quantitative estimate of drug-likeness (QED) is 0.827. The Morgan fingerprint density at radius 2 is 2.00 bits per heavy atom. The molecule has 2 unspecified atom stereocenters. The van der Waals surface area contributed by atoms with Crippen LogP contribution < -0.4 is 5.32 Å². The van der Waals surface area contributed by atoms with Gasteiger partial charge in [0.15, 0.2) is 0 Å². The highest BCUT2D eigenvalue weighted by molar-refractivity contribution is 5.99. The van der Waals surface area contributed by atoms with Crippen LogP contribution in [0.25, 0.3) is 0 Å². The van der Waals surface area contributed by atoms with Crippen LogP contribution in [-0.2, 0) is 14.3 Å². The van der Waals surface area contributed by atoms with Gasteiger partial charge in [0.2, 0.25) is 11.8 Å². The lowest BCUT2D eigenvalue weighted by Crippen LogP contribution is -2.70. The van der Waals surface area contributed by atoms with Gasteiger partial charge in [-0.2, -0.15) is 0 Å². The molecule has 0 radical (unpaired) electrons. The molecule has 20 heavy (non-hydrogen) atoms. The van der Waals surface area contributed by atoms with Crippen molar-refractivity contribution in [2.45, 2.75) is 69.6 Å². The Morgan fingerprint density at radius 1 is 1.25 bits per heavy atom. The molecule has 1 spiro atoms. The summed E-state index contributed by atoms with van der Waals surface area (Å²) < 4.78 is 5.78. The van der Waals surface area contributed by atoms with E-state index in [9.17, 15) is 9.59 Å². The van der Waals surface area contributed by atoms with Gasteiger partial charge < -0.3 is 15.0 Å². The van der Waals surface area contributed by atoms with Crippen LogP contribution in [0.2, 0.25) is 0 Å². The summed E-state index contributed by atoms with van der Waals surface area (Å²) in [5.41, 5.74) is -0.593. The summed E-state index contributed by atoms with van der Waals surface area (Å²) >= 11 is 0. The monoisotopic (exact) mass is 280 g/mol. The second kappa shape index (κ2) is 5.35. The molecule has 0 aromatic rings. The highest BCUT2D eigenvalue weighted by Crippen LogP contribution is 2.38. The van der Waals surface area contributed by atoms with Crippen LogP contribution in [0.5, 0.6) is 0 Å². The van der Waals surface area contributed by atoms with Crippen molar-refractivity contribution in [2.75, 3.05) is 13.2 Å². The zero-order valence-electron chi connectivity index (χ0n) is 12.2. The molecule has 3 aliphatic rings. The zero-order chi connectivity index (χ0) is 14.2. The Bertz CT molecular complexity index is 398. The third kappa shape index (κ3) is 2.22. The number of amides is 2. The van der Waals surface area contributed by atoms with Crippen LogP contribution in [0, 0.1) is 0 Å². The van der Waals surface area contributed by atoms with Gasteiger partial charge in [-0.25, -0.2) is 0 Å². The van der Waals surface area contributed by atoms with Gasteiger partial charge in [0.25, 0.3) is 0 Å². The van der Waals surface area contributed by atoms with E-state index in [0.29, 0.717) is 6.54 Å². The van der Waals surface area contributed by atoms with Crippen molar-refractivity contribution < 1.29 is 14.3 Å². The number of hydrogen-bond donors (Lipinski definition) is 1. The largest absolute Gasteiger partial charge is 0.376 e. The van der Waals surface area contributed by atoms with Crippen LogP contribution in [0.15, 0.2) is 0 Å². The highest BCUT2D eigenvalue weighted by atomic mass is 16.5. The fourth-order valence-electron chi connectivity index (χ4n) is 3.84. The molecule has 3 fully saturated rings. The summed E-state index contributed by atoms with van der Waals surface area (Å²) in [6, 6.07) is -0.405. The second-order valence-corrected chi connectivity index (χ2v) is 6.37. The molecule has 0 aromatic heterocycles. The first kappa shape index (κ1) is 13.9. The Hall–Kier alpha value is -1.10. The zero-order valence-corrected chi connectivity index (χ0v) is 12.2. The first-order chi connectivity index (χ1) is 9.63. The molecule has 2 atom stereocenters. The molecule has 1 saturated carbocycles. The molecule has 2 heterocycles. The summed E-state index contributed by atoms with van der Waals surface area (Å²) in [4.78, 5) is 26.9. The third-order valence-corrected chi connectivity index (χ3v) is 5.01. The summed E-state index contributed by atoms with van der Waals surface area (Å²) in [6.07, 6.45) is 7.00. The standard InChI is InChI=1S/C15H24N2O3/c1-11-13(18)17(10-12-6-2-5-9-20-12)15(14(19)16-11)7-3-4-8-15/h11-12H,2-10H2,1H3,(H,16,19). The van der Waals surface area contributed by atoms with Gasteiger partial charge in [-0.3, -0.25) is 9.59 Å².